The zero-order chi connectivity index (χ0) is 15.5. The number of ether oxygens (including phenoxy) is 1. The maximum absolute atomic E-state index is 12.9. The van der Waals surface area contributed by atoms with Gasteiger partial charge >= 0.3 is 5.97 Å². The molecule has 116 valence electrons. The Labute approximate surface area is 140 Å². The lowest BCUT2D eigenvalue weighted by Crippen LogP contribution is -2.67. The van der Waals surface area contributed by atoms with Crippen LogP contribution in [0.5, 0.6) is 0 Å². The van der Waals surface area contributed by atoms with Crippen molar-refractivity contribution in [2.75, 3.05) is 0 Å². The molecule has 4 bridgehead atoms. The molecule has 23 heavy (non-hydrogen) atoms. The number of fused-ring (bicyclic) bond motifs is 1. The molecule has 2 nitrogen and oxygen atoms in total. The highest BCUT2D eigenvalue weighted by Gasteiger charge is 2.84. The molecule has 2 aliphatic carbocycles. The van der Waals surface area contributed by atoms with Crippen molar-refractivity contribution >= 4 is 17.7 Å². The van der Waals surface area contributed by atoms with Gasteiger partial charge in [0.2, 0.25) is 0 Å². The molecule has 0 unspecified atom stereocenters. The first-order chi connectivity index (χ1) is 11.3. The fraction of sp³-hybridized carbons (Fsp3) is 0.350. The van der Waals surface area contributed by atoms with Crippen LogP contribution in [0.3, 0.4) is 0 Å². The topological polar surface area (TPSA) is 26.3 Å². The molecule has 2 aromatic rings. The summed E-state index contributed by atoms with van der Waals surface area (Å²) in [4.78, 5) is 14.1. The molecule has 0 aromatic heterocycles. The van der Waals surface area contributed by atoms with Crippen LogP contribution in [0.2, 0.25) is 0 Å². The van der Waals surface area contributed by atoms with E-state index in [1.54, 1.807) is 11.8 Å². The van der Waals surface area contributed by atoms with E-state index < -0.39 is 0 Å². The molecule has 2 aromatic carbocycles. The van der Waals surface area contributed by atoms with Gasteiger partial charge in [-0.3, -0.25) is 4.79 Å². The fourth-order valence-electron chi connectivity index (χ4n) is 5.10. The summed E-state index contributed by atoms with van der Waals surface area (Å²) >= 11 is 1.74. The van der Waals surface area contributed by atoms with Gasteiger partial charge in [0.25, 0.3) is 0 Å². The highest BCUT2D eigenvalue weighted by molar-refractivity contribution is 8.01. The number of esters is 1. The van der Waals surface area contributed by atoms with Crippen molar-refractivity contribution in [3.63, 3.8) is 0 Å². The summed E-state index contributed by atoms with van der Waals surface area (Å²) in [6.07, 6.45) is 3.37. The Hall–Kier alpha value is -1.74. The van der Waals surface area contributed by atoms with Gasteiger partial charge in [-0.25, -0.2) is 0 Å². The van der Waals surface area contributed by atoms with Gasteiger partial charge in [-0.05, 0) is 30.5 Å². The zero-order valence-electron chi connectivity index (χ0n) is 12.8. The first-order valence-corrected chi connectivity index (χ1v) is 9.13. The normalized spacial score (nSPS) is 37.1. The number of carbonyl (C=O) groups is 1. The Bertz CT molecular complexity index is 744. The van der Waals surface area contributed by atoms with E-state index >= 15 is 0 Å². The second kappa shape index (κ2) is 4.64. The molecule has 2 aliphatic heterocycles. The SMILES string of the molecule is O=C1OC2(c3ccccc3)[C@@H]3CCC[C@@H]2C13Sc1ccccc1. The van der Waals surface area contributed by atoms with Crippen molar-refractivity contribution in [1.29, 1.82) is 0 Å². The molecular weight excluding hydrogens is 304 g/mol. The van der Waals surface area contributed by atoms with Crippen LogP contribution in [0, 0.1) is 11.8 Å². The van der Waals surface area contributed by atoms with Crippen molar-refractivity contribution in [2.45, 2.75) is 34.5 Å². The minimum Gasteiger partial charge on any atom is -0.452 e. The first-order valence-electron chi connectivity index (χ1n) is 8.31. The van der Waals surface area contributed by atoms with Crippen molar-refractivity contribution < 1.29 is 9.53 Å². The molecule has 6 rings (SSSR count). The third kappa shape index (κ3) is 1.54. The molecule has 3 heteroatoms. The molecule has 4 aliphatic rings. The van der Waals surface area contributed by atoms with Gasteiger partial charge < -0.3 is 4.74 Å². The second-order valence-corrected chi connectivity index (χ2v) is 8.14. The number of hydrogen-bond acceptors (Lipinski definition) is 3. The van der Waals surface area contributed by atoms with Gasteiger partial charge in [-0.2, -0.15) is 0 Å². The molecule has 0 N–H and O–H groups in total. The van der Waals surface area contributed by atoms with E-state index in [2.05, 4.69) is 36.4 Å². The van der Waals surface area contributed by atoms with Crippen LogP contribution in [0.4, 0.5) is 0 Å². The molecule has 2 saturated carbocycles. The van der Waals surface area contributed by atoms with E-state index in [9.17, 15) is 4.79 Å². The van der Waals surface area contributed by atoms with E-state index in [4.69, 9.17) is 4.74 Å². The fourth-order valence-corrected chi connectivity index (χ4v) is 6.78. The van der Waals surface area contributed by atoms with Crippen LogP contribution >= 0.6 is 11.8 Å². The predicted molar refractivity (Wildman–Crippen MR) is 90.1 cm³/mol. The van der Waals surface area contributed by atoms with Gasteiger partial charge in [0.05, 0.1) is 0 Å². The third-order valence-corrected chi connectivity index (χ3v) is 7.47. The van der Waals surface area contributed by atoms with Crippen LogP contribution < -0.4 is 0 Å². The second-order valence-electron chi connectivity index (χ2n) is 6.79. The Morgan fingerprint density at radius 3 is 2.17 bits per heavy atom. The molecular formula is C20H18O2S. The largest absolute Gasteiger partial charge is 0.452 e. The molecule has 0 spiro atoms. The zero-order valence-corrected chi connectivity index (χ0v) is 13.6. The van der Waals surface area contributed by atoms with Gasteiger partial charge in [0.15, 0.2) is 0 Å². The minimum atomic E-state index is -0.366. The summed E-state index contributed by atoms with van der Waals surface area (Å²) in [5, 5.41) is 0. The number of rotatable bonds is 3. The van der Waals surface area contributed by atoms with Gasteiger partial charge in [-0.15, -0.1) is 11.8 Å². The highest BCUT2D eigenvalue weighted by Crippen LogP contribution is 2.77. The summed E-state index contributed by atoms with van der Waals surface area (Å²) in [6.45, 7) is 0. The van der Waals surface area contributed by atoms with E-state index in [0.29, 0.717) is 11.8 Å². The van der Waals surface area contributed by atoms with Crippen LogP contribution in [-0.2, 0) is 15.1 Å². The maximum Gasteiger partial charge on any atom is 0.324 e. The molecule has 2 saturated heterocycles. The van der Waals surface area contributed by atoms with Crippen LogP contribution in [0.1, 0.15) is 24.8 Å². The number of thioether (sulfide) groups is 1. The van der Waals surface area contributed by atoms with E-state index in [-0.39, 0.29) is 16.3 Å². The number of hydrogen-bond donors (Lipinski definition) is 0. The number of benzene rings is 2. The average Bonchev–Trinajstić information content (AvgIpc) is 3.03. The van der Waals surface area contributed by atoms with Crippen molar-refractivity contribution in [2.24, 2.45) is 11.8 Å². The van der Waals surface area contributed by atoms with Gasteiger partial charge in [0.1, 0.15) is 10.3 Å². The summed E-state index contributed by atoms with van der Waals surface area (Å²) in [6, 6.07) is 20.7. The Morgan fingerprint density at radius 2 is 1.52 bits per heavy atom. The van der Waals surface area contributed by atoms with E-state index in [1.807, 2.05) is 24.3 Å². The smallest absolute Gasteiger partial charge is 0.324 e. The minimum absolute atomic E-state index is 0.00454. The van der Waals surface area contributed by atoms with E-state index in [0.717, 1.165) is 12.8 Å². The monoisotopic (exact) mass is 322 g/mol. The number of carbonyl (C=O) groups excluding carboxylic acids is 1. The quantitative estimate of drug-likeness (QED) is 0.784. The molecule has 0 amide bonds. The summed E-state index contributed by atoms with van der Waals surface area (Å²) < 4.78 is 5.73. The average molecular weight is 322 g/mol. The molecule has 2 heterocycles. The Morgan fingerprint density at radius 1 is 0.913 bits per heavy atom. The van der Waals surface area contributed by atoms with Crippen molar-refractivity contribution in [3.8, 4) is 0 Å². The lowest BCUT2D eigenvalue weighted by Gasteiger charge is -2.60. The molecule has 4 fully saturated rings. The van der Waals surface area contributed by atoms with Gasteiger partial charge in [-0.1, -0.05) is 55.0 Å². The third-order valence-electron chi connectivity index (χ3n) is 5.89. The first kappa shape index (κ1) is 13.7. The maximum atomic E-state index is 12.9. The van der Waals surface area contributed by atoms with Crippen LogP contribution in [-0.4, -0.2) is 10.7 Å². The van der Waals surface area contributed by atoms with E-state index in [1.165, 1.54) is 16.9 Å². The lowest BCUT2D eigenvalue weighted by atomic mass is 9.47. The van der Waals surface area contributed by atoms with Gasteiger partial charge in [0, 0.05) is 16.7 Å². The summed E-state index contributed by atoms with van der Waals surface area (Å²) in [7, 11) is 0. The van der Waals surface area contributed by atoms with Crippen LogP contribution in [0.25, 0.3) is 0 Å². The molecule has 2 atom stereocenters. The summed E-state index contributed by atoms with van der Waals surface area (Å²) in [5.74, 6) is 0.604. The van der Waals surface area contributed by atoms with Crippen LogP contribution in [0.15, 0.2) is 65.6 Å². The standard InChI is InChI=1S/C20H18O2S/c21-18-20(23-15-10-5-2-6-11-15)16-12-7-13-17(20)19(16,22-18)14-8-3-1-4-9-14/h1-6,8-11,16-17H,7,12-13H2/t16-,17-,19?,20?/m0/s1. The van der Waals surface area contributed by atoms with Crippen molar-refractivity contribution in [3.05, 3.63) is 66.2 Å². The lowest BCUT2D eigenvalue weighted by molar-refractivity contribution is -0.154. The summed E-state index contributed by atoms with van der Waals surface area (Å²) in [5.41, 5.74) is 0.822. The Kier molecular flexibility index (Phi) is 2.76. The van der Waals surface area contributed by atoms with Crippen molar-refractivity contribution in [1.82, 2.24) is 0 Å². The predicted octanol–water partition coefficient (Wildman–Crippen LogP) is 4.40. The molecule has 0 radical (unpaired) electrons. The highest BCUT2D eigenvalue weighted by atomic mass is 32.2. The Balaban J connectivity index is 1.59.